The van der Waals surface area contributed by atoms with E-state index in [0.29, 0.717) is 5.69 Å². The molecule has 0 aromatic carbocycles. The van der Waals surface area contributed by atoms with Crippen LogP contribution in [0.25, 0.3) is 0 Å². The molecule has 4 nitrogen and oxygen atoms in total. The molecule has 0 fully saturated rings. The third-order valence-corrected chi connectivity index (χ3v) is 0.847. The van der Waals surface area contributed by atoms with Crippen molar-refractivity contribution in [1.82, 2.24) is 5.16 Å². The Morgan fingerprint density at radius 1 is 1.80 bits per heavy atom. The predicted octanol–water partition coefficient (Wildman–Crippen LogP) is 0.320. The molecule has 1 rings (SSSR count). The van der Waals surface area contributed by atoms with E-state index >= 15 is 0 Å². The summed E-state index contributed by atoms with van der Waals surface area (Å²) in [5, 5.41) is 3.48. The van der Waals surface area contributed by atoms with Crippen LogP contribution < -0.4 is 5.73 Å². The molecule has 1 aromatic rings. The quantitative estimate of drug-likeness (QED) is 0.772. The molecule has 0 saturated carbocycles. The summed E-state index contributed by atoms with van der Waals surface area (Å²) in [5.74, 6) is -0.399. The van der Waals surface area contributed by atoms with Crippen molar-refractivity contribution in [2.75, 3.05) is 0 Å². The summed E-state index contributed by atoms with van der Waals surface area (Å²) in [6, 6.07) is 1.60. The molecule has 0 bridgehead atoms. The lowest BCUT2D eigenvalue weighted by molar-refractivity contribution is -0.117. The van der Waals surface area contributed by atoms with Gasteiger partial charge in [-0.1, -0.05) is 5.16 Å². The van der Waals surface area contributed by atoms with Crippen molar-refractivity contribution in [3.63, 3.8) is 0 Å². The van der Waals surface area contributed by atoms with Gasteiger partial charge in [0.15, 0.2) is 0 Å². The maximum Gasteiger partial charge on any atom is 0.223 e. The smallest absolute Gasteiger partial charge is 0.223 e. The number of halogens is 1. The molecular formula is C5H7IN2O2. The summed E-state index contributed by atoms with van der Waals surface area (Å²) in [6.07, 6.45) is 1.55. The van der Waals surface area contributed by atoms with E-state index in [0.717, 1.165) is 0 Å². The van der Waals surface area contributed by atoms with Crippen LogP contribution in [0.4, 0.5) is 0 Å². The van der Waals surface area contributed by atoms with Crippen molar-refractivity contribution in [2.24, 2.45) is 5.73 Å². The SMILES string of the molecule is I.NC(=O)Cc1ccon1. The first-order valence-corrected chi connectivity index (χ1v) is 2.46. The van der Waals surface area contributed by atoms with Crippen molar-refractivity contribution in [3.05, 3.63) is 18.0 Å². The van der Waals surface area contributed by atoms with Crippen LogP contribution in [-0.2, 0) is 11.2 Å². The van der Waals surface area contributed by atoms with Gasteiger partial charge in [-0.05, 0) is 0 Å². The van der Waals surface area contributed by atoms with Crippen molar-refractivity contribution in [2.45, 2.75) is 6.42 Å². The average molecular weight is 254 g/mol. The number of nitrogens with two attached hydrogens (primary N) is 1. The van der Waals surface area contributed by atoms with Gasteiger partial charge in [0.25, 0.3) is 0 Å². The molecule has 0 spiro atoms. The van der Waals surface area contributed by atoms with E-state index in [2.05, 4.69) is 9.68 Å². The Morgan fingerprint density at radius 3 is 2.90 bits per heavy atom. The number of aromatic nitrogens is 1. The molecule has 5 heteroatoms. The fourth-order valence-corrected chi connectivity index (χ4v) is 0.507. The van der Waals surface area contributed by atoms with Crippen molar-refractivity contribution >= 4 is 29.9 Å². The van der Waals surface area contributed by atoms with Crippen molar-refractivity contribution in [3.8, 4) is 0 Å². The molecule has 0 unspecified atom stereocenters. The van der Waals surface area contributed by atoms with E-state index in [-0.39, 0.29) is 30.4 Å². The van der Waals surface area contributed by atoms with E-state index in [9.17, 15) is 4.79 Å². The van der Waals surface area contributed by atoms with E-state index in [1.807, 2.05) is 0 Å². The number of carbonyl (C=O) groups is 1. The fraction of sp³-hybridized carbons (Fsp3) is 0.200. The maximum atomic E-state index is 10.2. The lowest BCUT2D eigenvalue weighted by Gasteiger charge is -1.83. The lowest BCUT2D eigenvalue weighted by Crippen LogP contribution is -2.13. The summed E-state index contributed by atoms with van der Waals surface area (Å²) < 4.78 is 4.46. The maximum absolute atomic E-state index is 10.2. The van der Waals surface area contributed by atoms with E-state index < -0.39 is 5.91 Å². The highest BCUT2D eigenvalue weighted by molar-refractivity contribution is 14.0. The minimum atomic E-state index is -0.399. The number of nitrogens with zero attached hydrogens (tertiary/aromatic N) is 1. The van der Waals surface area contributed by atoms with Crippen LogP contribution >= 0.6 is 24.0 Å². The molecule has 0 saturated heterocycles. The molecule has 1 amide bonds. The van der Waals surface area contributed by atoms with Gasteiger partial charge in [0, 0.05) is 6.07 Å². The van der Waals surface area contributed by atoms with Gasteiger partial charge < -0.3 is 10.3 Å². The number of primary amides is 1. The highest BCUT2D eigenvalue weighted by Crippen LogP contribution is 1.93. The molecule has 1 heterocycles. The monoisotopic (exact) mass is 254 g/mol. The second-order valence-electron chi connectivity index (χ2n) is 1.63. The summed E-state index contributed by atoms with van der Waals surface area (Å²) >= 11 is 0. The molecule has 0 radical (unpaired) electrons. The minimum absolute atomic E-state index is 0. The van der Waals surface area contributed by atoms with Crippen LogP contribution in [0.5, 0.6) is 0 Å². The van der Waals surface area contributed by atoms with Gasteiger partial charge in [0.2, 0.25) is 5.91 Å². The third-order valence-electron chi connectivity index (χ3n) is 0.847. The Labute approximate surface area is 74.8 Å². The van der Waals surface area contributed by atoms with Crippen LogP contribution in [0.2, 0.25) is 0 Å². The van der Waals surface area contributed by atoms with Crippen LogP contribution in [0.1, 0.15) is 5.69 Å². The summed E-state index contributed by atoms with van der Waals surface area (Å²) in [7, 11) is 0. The van der Waals surface area contributed by atoms with Crippen molar-refractivity contribution < 1.29 is 9.32 Å². The van der Waals surface area contributed by atoms with E-state index in [4.69, 9.17) is 5.73 Å². The van der Waals surface area contributed by atoms with Crippen LogP contribution in [0.3, 0.4) is 0 Å². The Morgan fingerprint density at radius 2 is 2.50 bits per heavy atom. The molecular weight excluding hydrogens is 247 g/mol. The highest BCUT2D eigenvalue weighted by Gasteiger charge is 1.98. The number of amides is 1. The molecule has 0 aliphatic carbocycles. The lowest BCUT2D eigenvalue weighted by atomic mass is 10.3. The summed E-state index contributed by atoms with van der Waals surface area (Å²) in [6.45, 7) is 0. The second-order valence-corrected chi connectivity index (χ2v) is 1.63. The van der Waals surface area contributed by atoms with Crippen LogP contribution in [0.15, 0.2) is 16.9 Å². The number of rotatable bonds is 2. The third kappa shape index (κ3) is 2.81. The average Bonchev–Trinajstić information content (AvgIpc) is 2.15. The Bertz CT molecular complexity index is 197. The fourth-order valence-electron chi connectivity index (χ4n) is 0.507. The van der Waals surface area contributed by atoms with Crippen molar-refractivity contribution in [1.29, 1.82) is 0 Å². The first kappa shape index (κ1) is 9.41. The van der Waals surface area contributed by atoms with Crippen LogP contribution in [-0.4, -0.2) is 11.1 Å². The van der Waals surface area contributed by atoms with Gasteiger partial charge in [-0.3, -0.25) is 4.79 Å². The van der Waals surface area contributed by atoms with Gasteiger partial charge in [-0.15, -0.1) is 24.0 Å². The molecule has 2 N–H and O–H groups in total. The zero-order valence-corrected chi connectivity index (χ0v) is 7.44. The standard InChI is InChI=1S/C5H6N2O2.HI/c6-5(8)3-4-1-2-9-7-4;/h1-2H,3H2,(H2,6,8);1H. The molecule has 10 heavy (non-hydrogen) atoms. The van der Waals surface area contributed by atoms with Gasteiger partial charge in [0.05, 0.1) is 12.1 Å². The van der Waals surface area contributed by atoms with Gasteiger partial charge in [-0.2, -0.15) is 0 Å². The summed E-state index contributed by atoms with van der Waals surface area (Å²) in [4.78, 5) is 10.2. The molecule has 0 aliphatic rings. The van der Waals surface area contributed by atoms with Crippen LogP contribution in [0, 0.1) is 0 Å². The van der Waals surface area contributed by atoms with Gasteiger partial charge >= 0.3 is 0 Å². The molecule has 56 valence electrons. The second kappa shape index (κ2) is 4.26. The zero-order chi connectivity index (χ0) is 6.69. The first-order valence-electron chi connectivity index (χ1n) is 2.46. The Hall–Kier alpha value is -0.590. The molecule has 0 atom stereocenters. The Balaban J connectivity index is 0.000000810. The van der Waals surface area contributed by atoms with Gasteiger partial charge in [-0.25, -0.2) is 0 Å². The summed E-state index contributed by atoms with van der Waals surface area (Å²) in [5.41, 5.74) is 5.43. The number of carbonyl (C=O) groups excluding carboxylic acids is 1. The Kier molecular flexibility index (Phi) is 4.01. The normalized spacial score (nSPS) is 8.40. The topological polar surface area (TPSA) is 69.1 Å². The highest BCUT2D eigenvalue weighted by atomic mass is 127. The number of hydrogen-bond acceptors (Lipinski definition) is 3. The predicted molar refractivity (Wildman–Crippen MR) is 44.8 cm³/mol. The van der Waals surface area contributed by atoms with Gasteiger partial charge in [0.1, 0.15) is 6.26 Å². The van der Waals surface area contributed by atoms with E-state index in [1.54, 1.807) is 6.07 Å². The first-order chi connectivity index (χ1) is 4.29. The van der Waals surface area contributed by atoms with E-state index in [1.165, 1.54) is 6.26 Å². The minimum Gasteiger partial charge on any atom is -0.369 e. The zero-order valence-electron chi connectivity index (χ0n) is 5.11. The largest absolute Gasteiger partial charge is 0.369 e. The molecule has 1 aromatic heterocycles. The number of hydrogen-bond donors (Lipinski definition) is 1. The molecule has 0 aliphatic heterocycles.